The molecule has 2 saturated carbocycles. The maximum absolute atomic E-state index is 12.6. The summed E-state index contributed by atoms with van der Waals surface area (Å²) in [6, 6.07) is -0.152. The molecule has 0 aromatic carbocycles. The number of hydrogen-bond acceptors (Lipinski definition) is 6. The molecule has 1 saturated heterocycles. The quantitative estimate of drug-likeness (QED) is 0.681. The predicted molar refractivity (Wildman–Crippen MR) is 103 cm³/mol. The first kappa shape index (κ1) is 19.8. The molecule has 0 N–H and O–H groups in total. The van der Waals surface area contributed by atoms with Crippen molar-refractivity contribution in [2.75, 3.05) is 25.9 Å². The van der Waals surface area contributed by atoms with Crippen molar-refractivity contribution in [2.24, 2.45) is 5.92 Å². The van der Waals surface area contributed by atoms with Crippen molar-refractivity contribution >= 4 is 15.9 Å². The molecule has 9 heteroatoms. The van der Waals surface area contributed by atoms with Gasteiger partial charge in [0.15, 0.2) is 5.82 Å². The zero-order chi connectivity index (χ0) is 19.7. The third kappa shape index (κ3) is 4.25. The molecule has 0 unspecified atom stereocenters. The van der Waals surface area contributed by atoms with E-state index in [2.05, 4.69) is 10.1 Å². The Morgan fingerprint density at radius 2 is 1.86 bits per heavy atom. The molecule has 1 amide bonds. The van der Waals surface area contributed by atoms with E-state index in [0.29, 0.717) is 43.7 Å². The van der Waals surface area contributed by atoms with Crippen LogP contribution in [0.25, 0.3) is 0 Å². The smallest absolute Gasteiger partial charge is 0.229 e. The van der Waals surface area contributed by atoms with Gasteiger partial charge >= 0.3 is 0 Å². The lowest BCUT2D eigenvalue weighted by molar-refractivity contribution is -0.142. The van der Waals surface area contributed by atoms with Crippen molar-refractivity contribution in [1.29, 1.82) is 0 Å². The summed E-state index contributed by atoms with van der Waals surface area (Å²) in [5.74, 6) is 1.95. The summed E-state index contributed by atoms with van der Waals surface area (Å²) in [4.78, 5) is 18.9. The monoisotopic (exact) mass is 410 g/mol. The summed E-state index contributed by atoms with van der Waals surface area (Å²) >= 11 is 0. The number of hydrogen-bond donors (Lipinski definition) is 0. The first-order valence-electron chi connectivity index (χ1n) is 10.5. The topological polar surface area (TPSA) is 96.6 Å². The summed E-state index contributed by atoms with van der Waals surface area (Å²) in [7, 11) is -3.36. The minimum absolute atomic E-state index is 0.130. The van der Waals surface area contributed by atoms with E-state index in [9.17, 15) is 13.2 Å². The molecule has 1 aromatic heterocycles. The Bertz CT molecular complexity index is 793. The number of carbonyl (C=O) groups is 1. The van der Waals surface area contributed by atoms with Crippen LogP contribution in [0.3, 0.4) is 0 Å². The lowest BCUT2D eigenvalue weighted by atomic mass is 9.85. The molecule has 0 spiro atoms. The van der Waals surface area contributed by atoms with Crippen LogP contribution in [0.1, 0.15) is 69.0 Å². The van der Waals surface area contributed by atoms with Gasteiger partial charge in [-0.05, 0) is 25.7 Å². The van der Waals surface area contributed by atoms with Crippen LogP contribution in [-0.2, 0) is 21.2 Å². The predicted octanol–water partition coefficient (Wildman–Crippen LogP) is 1.93. The third-order valence-corrected chi connectivity index (χ3v) is 7.79. The summed E-state index contributed by atoms with van der Waals surface area (Å²) < 4.78 is 31.4. The van der Waals surface area contributed by atoms with Gasteiger partial charge in [-0.2, -0.15) is 9.29 Å². The molecule has 156 valence electrons. The van der Waals surface area contributed by atoms with Crippen molar-refractivity contribution < 1.29 is 17.7 Å². The van der Waals surface area contributed by atoms with Crippen LogP contribution >= 0.6 is 0 Å². The van der Waals surface area contributed by atoms with Crippen LogP contribution in [0.15, 0.2) is 4.52 Å². The molecule has 8 nitrogen and oxygen atoms in total. The second-order valence-electron chi connectivity index (χ2n) is 8.53. The molecule has 2 heterocycles. The molecule has 28 heavy (non-hydrogen) atoms. The molecule has 1 aromatic rings. The highest BCUT2D eigenvalue weighted by atomic mass is 32.2. The fraction of sp³-hybridized carbons (Fsp3) is 0.842. The fourth-order valence-electron chi connectivity index (χ4n) is 4.44. The Labute approximate surface area is 166 Å². The van der Waals surface area contributed by atoms with Gasteiger partial charge in [0, 0.05) is 37.9 Å². The summed E-state index contributed by atoms with van der Waals surface area (Å²) in [5, 5.41) is 4.01. The fourth-order valence-corrected chi connectivity index (χ4v) is 5.54. The largest absolute Gasteiger partial charge is 0.339 e. The number of sulfonamides is 1. The summed E-state index contributed by atoms with van der Waals surface area (Å²) in [5.41, 5.74) is 0. The Balaban J connectivity index is 1.31. The third-order valence-electron chi connectivity index (χ3n) is 6.46. The highest BCUT2D eigenvalue weighted by Gasteiger charge is 2.40. The number of nitrogens with zero attached hydrogens (tertiary/aromatic N) is 4. The maximum Gasteiger partial charge on any atom is 0.229 e. The molecule has 3 aliphatic rings. The van der Waals surface area contributed by atoms with E-state index < -0.39 is 10.0 Å². The van der Waals surface area contributed by atoms with E-state index in [1.165, 1.54) is 23.4 Å². The van der Waals surface area contributed by atoms with Gasteiger partial charge in [0.2, 0.25) is 21.8 Å². The molecular formula is C19H30N4O4S. The first-order valence-corrected chi connectivity index (χ1v) is 12.3. The highest BCUT2D eigenvalue weighted by Crippen LogP contribution is 2.35. The Hall–Kier alpha value is -1.48. The van der Waals surface area contributed by atoms with Gasteiger partial charge in [-0.15, -0.1) is 0 Å². The average molecular weight is 411 g/mol. The Morgan fingerprint density at radius 3 is 2.46 bits per heavy atom. The van der Waals surface area contributed by atoms with Crippen molar-refractivity contribution in [3.8, 4) is 0 Å². The van der Waals surface area contributed by atoms with Crippen LogP contribution in [0.5, 0.6) is 0 Å². The second-order valence-corrected chi connectivity index (χ2v) is 10.5. The van der Waals surface area contributed by atoms with Gasteiger partial charge in [-0.3, -0.25) is 4.79 Å². The summed E-state index contributed by atoms with van der Waals surface area (Å²) in [6.45, 7) is 1.29. The second kappa shape index (κ2) is 8.10. The van der Waals surface area contributed by atoms with E-state index in [0.717, 1.165) is 38.5 Å². The van der Waals surface area contributed by atoms with E-state index in [1.807, 2.05) is 4.90 Å². The Morgan fingerprint density at radius 1 is 1.14 bits per heavy atom. The SMILES string of the molecule is CS(=O)(=O)N(CCc1noc(C2CCC2)n1)C1CN(C(=O)C2CCCCC2)C1. The number of amides is 1. The van der Waals surface area contributed by atoms with E-state index in [1.54, 1.807) is 0 Å². The van der Waals surface area contributed by atoms with Crippen LogP contribution in [-0.4, -0.2) is 65.6 Å². The molecule has 0 radical (unpaired) electrons. The van der Waals surface area contributed by atoms with E-state index in [-0.39, 0.29) is 17.9 Å². The number of aromatic nitrogens is 2. The van der Waals surface area contributed by atoms with E-state index >= 15 is 0 Å². The van der Waals surface area contributed by atoms with Gasteiger partial charge in [-0.25, -0.2) is 8.42 Å². The van der Waals surface area contributed by atoms with Gasteiger partial charge < -0.3 is 9.42 Å². The maximum atomic E-state index is 12.6. The highest BCUT2D eigenvalue weighted by molar-refractivity contribution is 7.88. The minimum Gasteiger partial charge on any atom is -0.339 e. The molecule has 3 fully saturated rings. The van der Waals surface area contributed by atoms with Gasteiger partial charge in [0.25, 0.3) is 0 Å². The average Bonchev–Trinajstić information content (AvgIpc) is 3.02. The van der Waals surface area contributed by atoms with Crippen molar-refractivity contribution in [3.05, 3.63) is 11.7 Å². The number of carbonyl (C=O) groups excluding carboxylic acids is 1. The van der Waals surface area contributed by atoms with Crippen LogP contribution < -0.4 is 0 Å². The standard InChI is InChI=1S/C19H30N4O4S/c1-28(25,26)23(11-10-17-20-18(27-21-17)14-8-5-9-14)16-12-22(13-16)19(24)15-6-3-2-4-7-15/h14-16H,2-13H2,1H3. The van der Waals surface area contributed by atoms with Crippen LogP contribution in [0.2, 0.25) is 0 Å². The van der Waals surface area contributed by atoms with Gasteiger partial charge in [0.1, 0.15) is 0 Å². The number of rotatable bonds is 7. The molecule has 1 aliphatic heterocycles. The minimum atomic E-state index is -3.36. The van der Waals surface area contributed by atoms with Crippen LogP contribution in [0.4, 0.5) is 0 Å². The van der Waals surface area contributed by atoms with Crippen molar-refractivity contribution in [2.45, 2.75) is 69.7 Å². The number of likely N-dealkylation sites (tertiary alicyclic amines) is 1. The molecule has 0 bridgehead atoms. The van der Waals surface area contributed by atoms with E-state index in [4.69, 9.17) is 4.52 Å². The Kier molecular flexibility index (Phi) is 5.73. The molecule has 2 aliphatic carbocycles. The normalized spacial score (nSPS) is 22.3. The lowest BCUT2D eigenvalue weighted by Crippen LogP contribution is -2.63. The van der Waals surface area contributed by atoms with Crippen molar-refractivity contribution in [1.82, 2.24) is 19.3 Å². The van der Waals surface area contributed by atoms with Crippen molar-refractivity contribution in [3.63, 3.8) is 0 Å². The summed E-state index contributed by atoms with van der Waals surface area (Å²) in [6.07, 6.45) is 10.4. The molecule has 4 rings (SSSR count). The zero-order valence-corrected chi connectivity index (χ0v) is 17.4. The lowest BCUT2D eigenvalue weighted by Gasteiger charge is -2.45. The zero-order valence-electron chi connectivity index (χ0n) is 16.5. The first-order chi connectivity index (χ1) is 13.4. The van der Waals surface area contributed by atoms with Gasteiger partial charge in [0.05, 0.1) is 12.3 Å². The molecular weight excluding hydrogens is 380 g/mol. The van der Waals surface area contributed by atoms with Gasteiger partial charge in [-0.1, -0.05) is 30.8 Å². The van der Waals surface area contributed by atoms with Crippen LogP contribution in [0, 0.1) is 5.92 Å². The molecule has 0 atom stereocenters.